The summed E-state index contributed by atoms with van der Waals surface area (Å²) in [5, 5.41) is 3.43. The Morgan fingerprint density at radius 2 is 1.96 bits per heavy atom. The van der Waals surface area contributed by atoms with Crippen molar-refractivity contribution in [1.29, 1.82) is 0 Å². The molecule has 0 bridgehead atoms. The monoisotopic (exact) mass is 403 g/mol. The topological polar surface area (TPSA) is 56.2 Å². The fourth-order valence-corrected chi connectivity index (χ4v) is 3.47. The summed E-state index contributed by atoms with van der Waals surface area (Å²) in [6, 6.07) is 11.9. The molecule has 0 aliphatic carbocycles. The van der Waals surface area contributed by atoms with Crippen molar-refractivity contribution in [3.05, 3.63) is 66.0 Å². The maximum atomic E-state index is 12.2. The summed E-state index contributed by atoms with van der Waals surface area (Å²) in [4.78, 5) is 16.5. The van der Waals surface area contributed by atoms with E-state index in [2.05, 4.69) is 21.1 Å². The molecule has 28 heavy (non-hydrogen) atoms. The van der Waals surface area contributed by atoms with E-state index in [9.17, 15) is 13.6 Å². The molecule has 0 saturated carbocycles. The van der Waals surface area contributed by atoms with Crippen LogP contribution >= 0.6 is 11.8 Å². The van der Waals surface area contributed by atoms with Gasteiger partial charge in [-0.3, -0.25) is 9.36 Å². The number of rotatable bonds is 7. The number of hydrogen-bond donors (Lipinski definition) is 1. The number of benzene rings is 2. The molecule has 0 aliphatic heterocycles. The van der Waals surface area contributed by atoms with E-state index in [1.54, 1.807) is 6.20 Å². The third-order valence-electron chi connectivity index (χ3n) is 3.91. The van der Waals surface area contributed by atoms with Gasteiger partial charge in [0.2, 0.25) is 5.91 Å². The maximum Gasteiger partial charge on any atom is 0.387 e. The number of halogens is 2. The van der Waals surface area contributed by atoms with E-state index in [0.29, 0.717) is 10.8 Å². The van der Waals surface area contributed by atoms with Gasteiger partial charge in [-0.25, -0.2) is 4.98 Å². The molecule has 1 aromatic heterocycles. The molecule has 3 rings (SSSR count). The first-order valence-corrected chi connectivity index (χ1v) is 9.49. The van der Waals surface area contributed by atoms with Crippen LogP contribution in [0.2, 0.25) is 0 Å². The first kappa shape index (κ1) is 19.9. The molecular weight excluding hydrogens is 384 g/mol. The van der Waals surface area contributed by atoms with Crippen molar-refractivity contribution in [2.75, 3.05) is 11.1 Å². The van der Waals surface area contributed by atoms with Crippen LogP contribution in [0.3, 0.4) is 0 Å². The first-order chi connectivity index (χ1) is 13.4. The number of aryl methyl sites for hydroxylation is 2. The van der Waals surface area contributed by atoms with Crippen LogP contribution in [0.1, 0.15) is 11.1 Å². The van der Waals surface area contributed by atoms with Gasteiger partial charge in [0, 0.05) is 18.1 Å². The van der Waals surface area contributed by atoms with Gasteiger partial charge in [-0.05, 0) is 49.7 Å². The van der Waals surface area contributed by atoms with Crippen molar-refractivity contribution in [3.8, 4) is 11.4 Å². The zero-order chi connectivity index (χ0) is 20.1. The second-order valence-electron chi connectivity index (χ2n) is 6.11. The normalized spacial score (nSPS) is 10.9. The Morgan fingerprint density at radius 3 is 2.64 bits per heavy atom. The number of carbonyl (C=O) groups excluding carboxylic acids is 1. The molecule has 0 spiro atoms. The smallest absolute Gasteiger partial charge is 0.387 e. The van der Waals surface area contributed by atoms with Crippen LogP contribution in [0.25, 0.3) is 5.69 Å². The molecule has 0 fully saturated rings. The molecule has 0 radical (unpaired) electrons. The second-order valence-corrected chi connectivity index (χ2v) is 7.05. The van der Waals surface area contributed by atoms with E-state index in [1.807, 2.05) is 36.7 Å². The van der Waals surface area contributed by atoms with Crippen molar-refractivity contribution in [3.63, 3.8) is 0 Å². The van der Waals surface area contributed by atoms with E-state index < -0.39 is 6.61 Å². The standard InChI is InChI=1S/C20H19F2N3O2S/c1-13-3-8-17(14(2)11-13)25-10-9-23-20(25)28-12-18(26)24-15-4-6-16(7-5-15)27-19(21)22/h3-11,19H,12H2,1-2H3,(H,24,26). The third-order valence-corrected chi connectivity index (χ3v) is 4.88. The van der Waals surface area contributed by atoms with Crippen molar-refractivity contribution in [2.45, 2.75) is 25.6 Å². The minimum absolute atomic E-state index is 0.0397. The van der Waals surface area contributed by atoms with Gasteiger partial charge < -0.3 is 10.1 Å². The lowest BCUT2D eigenvalue weighted by Crippen LogP contribution is -2.14. The molecule has 1 heterocycles. The second kappa shape index (κ2) is 8.88. The summed E-state index contributed by atoms with van der Waals surface area (Å²) in [7, 11) is 0. The highest BCUT2D eigenvalue weighted by Gasteiger charge is 2.11. The molecule has 5 nitrogen and oxygen atoms in total. The number of carbonyl (C=O) groups is 1. The largest absolute Gasteiger partial charge is 0.435 e. The number of nitrogens with zero attached hydrogens (tertiary/aromatic N) is 2. The fraction of sp³-hybridized carbons (Fsp3) is 0.200. The molecular formula is C20H19F2N3O2S. The maximum absolute atomic E-state index is 12.2. The molecule has 1 N–H and O–H groups in total. The molecule has 0 saturated heterocycles. The summed E-state index contributed by atoms with van der Waals surface area (Å²) < 4.78 is 30.6. The van der Waals surface area contributed by atoms with Gasteiger partial charge in [-0.2, -0.15) is 8.78 Å². The fourth-order valence-electron chi connectivity index (χ4n) is 2.70. The quantitative estimate of drug-likeness (QED) is 0.575. The minimum Gasteiger partial charge on any atom is -0.435 e. The van der Waals surface area contributed by atoms with Crippen LogP contribution in [0.4, 0.5) is 14.5 Å². The zero-order valence-electron chi connectivity index (χ0n) is 15.4. The van der Waals surface area contributed by atoms with Gasteiger partial charge in [0.25, 0.3) is 0 Å². The summed E-state index contributed by atoms with van der Waals surface area (Å²) >= 11 is 1.32. The third kappa shape index (κ3) is 5.10. The molecule has 0 atom stereocenters. The van der Waals surface area contributed by atoms with Crippen molar-refractivity contribution in [2.24, 2.45) is 0 Å². The Hall–Kier alpha value is -2.87. The van der Waals surface area contributed by atoms with Gasteiger partial charge in [-0.15, -0.1) is 0 Å². The summed E-state index contributed by atoms with van der Waals surface area (Å²) in [5.74, 6) is -0.0161. The molecule has 0 unspecified atom stereocenters. The number of imidazole rings is 1. The van der Waals surface area contributed by atoms with E-state index in [-0.39, 0.29) is 17.4 Å². The Labute approximate surface area is 165 Å². The predicted molar refractivity (Wildman–Crippen MR) is 105 cm³/mol. The van der Waals surface area contributed by atoms with Crippen LogP contribution < -0.4 is 10.1 Å². The van der Waals surface area contributed by atoms with Crippen molar-refractivity contribution >= 4 is 23.4 Å². The van der Waals surface area contributed by atoms with Gasteiger partial charge >= 0.3 is 6.61 Å². The van der Waals surface area contributed by atoms with E-state index in [0.717, 1.165) is 11.3 Å². The van der Waals surface area contributed by atoms with Crippen LogP contribution in [0.5, 0.6) is 5.75 Å². The number of amides is 1. The highest BCUT2D eigenvalue weighted by molar-refractivity contribution is 7.99. The highest BCUT2D eigenvalue weighted by atomic mass is 32.2. The first-order valence-electron chi connectivity index (χ1n) is 8.51. The Morgan fingerprint density at radius 1 is 1.21 bits per heavy atom. The van der Waals surface area contributed by atoms with E-state index >= 15 is 0 Å². The van der Waals surface area contributed by atoms with E-state index in [4.69, 9.17) is 0 Å². The zero-order valence-corrected chi connectivity index (χ0v) is 16.2. The highest BCUT2D eigenvalue weighted by Crippen LogP contribution is 2.24. The van der Waals surface area contributed by atoms with Gasteiger partial charge in [-0.1, -0.05) is 29.5 Å². The lowest BCUT2D eigenvalue weighted by molar-refractivity contribution is -0.113. The summed E-state index contributed by atoms with van der Waals surface area (Å²) in [6.45, 7) is 1.19. The van der Waals surface area contributed by atoms with Crippen LogP contribution in [-0.4, -0.2) is 27.8 Å². The Bertz CT molecular complexity index is 958. The average molecular weight is 403 g/mol. The Kier molecular flexibility index (Phi) is 6.30. The number of anilines is 1. The average Bonchev–Trinajstić information content (AvgIpc) is 3.09. The summed E-state index contributed by atoms with van der Waals surface area (Å²) in [5.41, 5.74) is 3.82. The lowest BCUT2D eigenvalue weighted by Gasteiger charge is -2.11. The number of aromatic nitrogens is 2. The predicted octanol–water partition coefficient (Wildman–Crippen LogP) is 4.82. The molecule has 0 aliphatic rings. The Balaban J connectivity index is 1.60. The molecule has 8 heteroatoms. The van der Waals surface area contributed by atoms with Crippen LogP contribution in [-0.2, 0) is 4.79 Å². The number of nitrogens with one attached hydrogen (secondary N) is 1. The molecule has 1 amide bonds. The number of alkyl halides is 2. The van der Waals surface area contributed by atoms with Gasteiger partial charge in [0.05, 0.1) is 11.4 Å². The molecule has 2 aromatic carbocycles. The molecule has 3 aromatic rings. The minimum atomic E-state index is -2.88. The number of ether oxygens (including phenoxy) is 1. The van der Waals surface area contributed by atoms with Crippen molar-refractivity contribution < 1.29 is 18.3 Å². The van der Waals surface area contributed by atoms with Gasteiger partial charge in [0.1, 0.15) is 5.75 Å². The number of thioether (sulfide) groups is 1. The summed E-state index contributed by atoms with van der Waals surface area (Å²) in [6.07, 6.45) is 3.56. The lowest BCUT2D eigenvalue weighted by atomic mass is 10.1. The van der Waals surface area contributed by atoms with Crippen molar-refractivity contribution in [1.82, 2.24) is 9.55 Å². The SMILES string of the molecule is Cc1ccc(-n2ccnc2SCC(=O)Nc2ccc(OC(F)F)cc2)c(C)c1. The van der Waals surface area contributed by atoms with Crippen LogP contribution in [0, 0.1) is 13.8 Å². The van der Waals surface area contributed by atoms with Gasteiger partial charge in [0.15, 0.2) is 5.16 Å². The number of hydrogen-bond acceptors (Lipinski definition) is 4. The molecule has 146 valence electrons. The van der Waals surface area contributed by atoms with Crippen LogP contribution in [0.15, 0.2) is 60.0 Å². The van der Waals surface area contributed by atoms with E-state index in [1.165, 1.54) is 41.6 Å².